The molecule has 1 aromatic carbocycles. The number of ether oxygens (including phenoxy) is 2. The van der Waals surface area contributed by atoms with Gasteiger partial charge in [-0.2, -0.15) is 13.2 Å². The SMILES string of the molecule is COc1ccc(Nc2ncnc3c2CCN(C2=CCC([N+](=O)[O-])C(C(F)(F)F)=C2)C3)cc1OC. The lowest BCUT2D eigenvalue weighted by Gasteiger charge is -2.33. The molecule has 9 nitrogen and oxygen atoms in total. The molecule has 1 aliphatic carbocycles. The van der Waals surface area contributed by atoms with Gasteiger partial charge < -0.3 is 19.7 Å². The van der Waals surface area contributed by atoms with Gasteiger partial charge in [0.1, 0.15) is 17.7 Å². The molecule has 2 heterocycles. The molecule has 1 N–H and O–H groups in total. The van der Waals surface area contributed by atoms with Gasteiger partial charge in [-0.15, -0.1) is 0 Å². The van der Waals surface area contributed by atoms with Crippen molar-refractivity contribution in [3.05, 3.63) is 69.3 Å². The quantitative estimate of drug-likeness (QED) is 0.492. The fourth-order valence-corrected chi connectivity index (χ4v) is 4.10. The van der Waals surface area contributed by atoms with Crippen LogP contribution in [0.25, 0.3) is 0 Å². The number of methoxy groups -OCH3 is 2. The molecule has 180 valence electrons. The van der Waals surface area contributed by atoms with Crippen LogP contribution in [0.5, 0.6) is 11.5 Å². The third-order valence-corrected chi connectivity index (χ3v) is 5.81. The molecular weight excluding hydrogens is 455 g/mol. The molecule has 1 atom stereocenters. The lowest BCUT2D eigenvalue weighted by atomic mass is 9.95. The van der Waals surface area contributed by atoms with E-state index in [9.17, 15) is 23.3 Å². The van der Waals surface area contributed by atoms with Crippen LogP contribution in [0.15, 0.2) is 47.9 Å². The molecule has 1 aromatic heterocycles. The van der Waals surface area contributed by atoms with Crippen molar-refractivity contribution in [2.45, 2.75) is 31.6 Å². The number of nitrogens with one attached hydrogen (secondary N) is 1. The molecule has 0 amide bonds. The Bertz CT molecular complexity index is 1170. The molecule has 1 aliphatic heterocycles. The van der Waals surface area contributed by atoms with Crippen LogP contribution >= 0.6 is 0 Å². The van der Waals surface area contributed by atoms with Crippen LogP contribution in [0.3, 0.4) is 0 Å². The van der Waals surface area contributed by atoms with Crippen LogP contribution in [0.4, 0.5) is 24.7 Å². The smallest absolute Gasteiger partial charge is 0.419 e. The van der Waals surface area contributed by atoms with E-state index < -0.39 is 22.7 Å². The van der Waals surface area contributed by atoms with Gasteiger partial charge in [-0.3, -0.25) is 10.1 Å². The maximum atomic E-state index is 13.4. The van der Waals surface area contributed by atoms with Crippen molar-refractivity contribution in [2.24, 2.45) is 0 Å². The van der Waals surface area contributed by atoms with Crippen molar-refractivity contribution in [3.8, 4) is 11.5 Å². The second-order valence-corrected chi connectivity index (χ2v) is 7.78. The molecule has 2 aliphatic rings. The lowest BCUT2D eigenvalue weighted by Crippen LogP contribution is -2.36. The van der Waals surface area contributed by atoms with E-state index in [1.54, 1.807) is 24.1 Å². The van der Waals surface area contributed by atoms with E-state index in [0.717, 1.165) is 17.3 Å². The van der Waals surface area contributed by atoms with Crippen molar-refractivity contribution < 1.29 is 27.6 Å². The number of hydrogen-bond donors (Lipinski definition) is 1. The van der Waals surface area contributed by atoms with E-state index in [-0.39, 0.29) is 13.0 Å². The van der Waals surface area contributed by atoms with Crippen LogP contribution in [-0.4, -0.2) is 52.8 Å². The summed E-state index contributed by atoms with van der Waals surface area (Å²) in [6.07, 6.45) is -0.850. The molecule has 0 bridgehead atoms. The van der Waals surface area contributed by atoms with E-state index >= 15 is 0 Å². The standard InChI is InChI=1S/C22H22F3N5O4/c1-33-19-6-3-13(9-20(19)34-2)28-21-15-7-8-29(11-17(15)26-12-27-21)14-4-5-18(30(31)32)16(10-14)22(23,24)25/h3-4,6,9-10,12,18H,5,7-8,11H2,1-2H3,(H,26,27,28). The van der Waals surface area contributed by atoms with Gasteiger partial charge in [0.2, 0.25) is 6.04 Å². The molecule has 0 saturated carbocycles. The minimum Gasteiger partial charge on any atom is -0.493 e. The number of aromatic nitrogens is 2. The first kappa shape index (κ1) is 23.3. The van der Waals surface area contributed by atoms with Gasteiger partial charge in [-0.1, -0.05) is 6.08 Å². The number of fused-ring (bicyclic) bond motifs is 1. The van der Waals surface area contributed by atoms with Crippen molar-refractivity contribution in [1.29, 1.82) is 0 Å². The molecule has 4 rings (SSSR count). The average molecular weight is 477 g/mol. The number of halogens is 3. The fraction of sp³-hybridized carbons (Fsp3) is 0.364. The molecule has 0 radical (unpaired) electrons. The summed E-state index contributed by atoms with van der Waals surface area (Å²) in [5, 5.41) is 14.3. The van der Waals surface area contributed by atoms with Crippen LogP contribution in [0.2, 0.25) is 0 Å². The van der Waals surface area contributed by atoms with Gasteiger partial charge >= 0.3 is 6.18 Å². The van der Waals surface area contributed by atoms with E-state index in [1.165, 1.54) is 19.5 Å². The first-order valence-corrected chi connectivity index (χ1v) is 10.4. The van der Waals surface area contributed by atoms with Crippen LogP contribution in [0.1, 0.15) is 17.7 Å². The Morgan fingerprint density at radius 1 is 1.21 bits per heavy atom. The Morgan fingerprint density at radius 3 is 2.65 bits per heavy atom. The van der Waals surface area contributed by atoms with Gasteiger partial charge in [0.25, 0.3) is 0 Å². The highest BCUT2D eigenvalue weighted by Gasteiger charge is 2.46. The van der Waals surface area contributed by atoms with Crippen molar-refractivity contribution >= 4 is 11.5 Å². The lowest BCUT2D eigenvalue weighted by molar-refractivity contribution is -0.515. The van der Waals surface area contributed by atoms with Crippen LogP contribution in [0, 0.1) is 10.1 Å². The minimum atomic E-state index is -4.77. The van der Waals surface area contributed by atoms with Gasteiger partial charge in [0.15, 0.2) is 11.5 Å². The monoisotopic (exact) mass is 477 g/mol. The maximum absolute atomic E-state index is 13.4. The molecule has 0 saturated heterocycles. The summed E-state index contributed by atoms with van der Waals surface area (Å²) in [5.74, 6) is 1.72. The van der Waals surface area contributed by atoms with Crippen LogP contribution in [-0.2, 0) is 13.0 Å². The fourth-order valence-electron chi connectivity index (χ4n) is 4.10. The largest absolute Gasteiger partial charge is 0.493 e. The number of allylic oxidation sites excluding steroid dienone is 1. The van der Waals surface area contributed by atoms with E-state index in [1.807, 2.05) is 6.07 Å². The average Bonchev–Trinajstić information content (AvgIpc) is 2.82. The predicted octanol–water partition coefficient (Wildman–Crippen LogP) is 4.02. The van der Waals surface area contributed by atoms with E-state index in [4.69, 9.17) is 9.47 Å². The zero-order chi connectivity index (χ0) is 24.5. The van der Waals surface area contributed by atoms with Gasteiger partial charge in [0.05, 0.1) is 26.5 Å². The zero-order valence-electron chi connectivity index (χ0n) is 18.4. The number of nitrogens with zero attached hydrogens (tertiary/aromatic N) is 4. The zero-order valence-corrected chi connectivity index (χ0v) is 18.4. The van der Waals surface area contributed by atoms with Crippen molar-refractivity contribution in [1.82, 2.24) is 14.9 Å². The van der Waals surface area contributed by atoms with Gasteiger partial charge in [-0.05, 0) is 24.6 Å². The molecule has 0 spiro atoms. The number of hydrogen-bond acceptors (Lipinski definition) is 8. The Balaban J connectivity index is 1.56. The second kappa shape index (κ2) is 9.20. The Morgan fingerprint density at radius 2 is 1.97 bits per heavy atom. The summed E-state index contributed by atoms with van der Waals surface area (Å²) in [6, 6.07) is 3.55. The summed E-state index contributed by atoms with van der Waals surface area (Å²) >= 11 is 0. The number of benzene rings is 1. The first-order chi connectivity index (χ1) is 16.2. The summed E-state index contributed by atoms with van der Waals surface area (Å²) in [7, 11) is 3.08. The predicted molar refractivity (Wildman–Crippen MR) is 117 cm³/mol. The highest BCUT2D eigenvalue weighted by atomic mass is 19.4. The van der Waals surface area contributed by atoms with Crippen molar-refractivity contribution in [2.75, 3.05) is 26.1 Å². The first-order valence-electron chi connectivity index (χ1n) is 10.4. The minimum absolute atomic E-state index is 0.259. The number of alkyl halides is 3. The van der Waals surface area contributed by atoms with Gasteiger partial charge in [0, 0.05) is 40.9 Å². The summed E-state index contributed by atoms with van der Waals surface area (Å²) in [4.78, 5) is 20.6. The molecular formula is C22H22F3N5O4. The third kappa shape index (κ3) is 4.61. The Kier molecular flexibility index (Phi) is 6.31. The second-order valence-electron chi connectivity index (χ2n) is 7.78. The maximum Gasteiger partial charge on any atom is 0.419 e. The van der Waals surface area contributed by atoms with E-state index in [2.05, 4.69) is 15.3 Å². The molecule has 0 fully saturated rings. The Labute approximate surface area is 193 Å². The van der Waals surface area contributed by atoms with Crippen LogP contribution < -0.4 is 14.8 Å². The summed E-state index contributed by atoms with van der Waals surface area (Å²) < 4.78 is 50.9. The number of nitro groups is 1. The highest BCUT2D eigenvalue weighted by Crippen LogP contribution is 2.37. The Hall–Kier alpha value is -3.83. The normalized spacial score (nSPS) is 17.9. The molecule has 12 heteroatoms. The van der Waals surface area contributed by atoms with E-state index in [0.29, 0.717) is 41.7 Å². The molecule has 1 unspecified atom stereocenters. The molecule has 34 heavy (non-hydrogen) atoms. The third-order valence-electron chi connectivity index (χ3n) is 5.81. The number of rotatable bonds is 6. The van der Waals surface area contributed by atoms with Crippen molar-refractivity contribution in [3.63, 3.8) is 0 Å². The summed E-state index contributed by atoms with van der Waals surface area (Å²) in [5.41, 5.74) is 1.42. The highest BCUT2D eigenvalue weighted by molar-refractivity contribution is 5.64. The summed E-state index contributed by atoms with van der Waals surface area (Å²) in [6.45, 7) is 0.673. The van der Waals surface area contributed by atoms with Gasteiger partial charge in [-0.25, -0.2) is 9.97 Å². The number of anilines is 2. The topological polar surface area (TPSA) is 103 Å². The molecule has 2 aromatic rings.